The van der Waals surface area contributed by atoms with E-state index in [0.29, 0.717) is 13.0 Å². The number of hydrogen-bond donors (Lipinski definition) is 1. The first-order chi connectivity index (χ1) is 19.7. The second kappa shape index (κ2) is 16.8. The number of alkyl halides is 1. The molecule has 0 aromatic heterocycles. The lowest BCUT2D eigenvalue weighted by molar-refractivity contribution is -0.128. The van der Waals surface area contributed by atoms with Crippen LogP contribution in [0.4, 0.5) is 4.39 Å². The summed E-state index contributed by atoms with van der Waals surface area (Å²) in [6.45, 7) is 16.6. The van der Waals surface area contributed by atoms with Gasteiger partial charge in [-0.1, -0.05) is 28.2 Å². The number of nitrogens with one attached hydrogen (secondary N) is 1. The highest BCUT2D eigenvalue weighted by molar-refractivity contribution is 8.77. The van der Waals surface area contributed by atoms with Crippen molar-refractivity contribution in [2.45, 2.75) is 116 Å². The molecule has 0 bridgehead atoms. The van der Waals surface area contributed by atoms with Crippen molar-refractivity contribution in [1.29, 1.82) is 0 Å². The number of halogens is 1. The molecule has 0 aromatic carbocycles. The van der Waals surface area contributed by atoms with E-state index in [-0.39, 0.29) is 41.4 Å². The zero-order valence-corrected chi connectivity index (χ0v) is 28.3. The summed E-state index contributed by atoms with van der Waals surface area (Å²) in [7, 11) is 5.55. The van der Waals surface area contributed by atoms with E-state index < -0.39 is 33.1 Å². The standard InChI is InChI=1S/C28H50FN4O5PS2/c1-19(2)33(20(3)4)39(36-17-11-12-18-40-41-28(7,8)15-13-24(35)31(9)10)38-26-21(5)37-27(25(26)29)32-16-14-23(34)30-22(32)6/h14,16,19-21,25-27H,6,11-13,15,17-18H2,1-5,7-10H3,(H,30,34)/i5D. The van der Waals surface area contributed by atoms with Crippen LogP contribution in [0.2, 0.25) is 0 Å². The summed E-state index contributed by atoms with van der Waals surface area (Å²) >= 11 is 0. The van der Waals surface area contributed by atoms with Crippen molar-refractivity contribution in [2.75, 3.05) is 26.5 Å². The van der Waals surface area contributed by atoms with Gasteiger partial charge in [-0.25, -0.2) is 9.06 Å². The molecule has 2 heterocycles. The van der Waals surface area contributed by atoms with Gasteiger partial charge in [-0.15, -0.1) is 0 Å². The first-order valence-electron chi connectivity index (χ1n) is 14.8. The minimum atomic E-state index is -1.63. The molecule has 1 saturated heterocycles. The fourth-order valence-corrected chi connectivity index (χ4v) is 8.80. The first-order valence-corrected chi connectivity index (χ1v) is 17.6. The molecule has 9 nitrogen and oxygen atoms in total. The Balaban J connectivity index is 1.94. The maximum atomic E-state index is 15.9. The molecule has 1 fully saturated rings. The molecule has 2 aliphatic heterocycles. The van der Waals surface area contributed by atoms with Gasteiger partial charge in [-0.2, -0.15) is 0 Å². The van der Waals surface area contributed by atoms with Gasteiger partial charge in [0.1, 0.15) is 11.9 Å². The summed E-state index contributed by atoms with van der Waals surface area (Å²) in [6, 6.07) is 0.186. The van der Waals surface area contributed by atoms with Crippen molar-refractivity contribution in [1.82, 2.24) is 19.8 Å². The number of nitrogens with zero attached hydrogens (tertiary/aromatic N) is 3. The summed E-state index contributed by atoms with van der Waals surface area (Å²) in [5.41, 5.74) is 0. The molecule has 1 N–H and O–H groups in total. The Bertz CT molecular complexity index is 925. The van der Waals surface area contributed by atoms with Gasteiger partial charge in [0.25, 0.3) is 14.4 Å². The van der Waals surface area contributed by atoms with Gasteiger partial charge in [0, 0.05) is 56.7 Å². The highest BCUT2D eigenvalue weighted by Gasteiger charge is 2.49. The maximum absolute atomic E-state index is 15.9. The highest BCUT2D eigenvalue weighted by atomic mass is 33.1. The van der Waals surface area contributed by atoms with Crippen LogP contribution in [0.5, 0.6) is 0 Å². The third-order valence-corrected chi connectivity index (χ3v) is 12.1. The summed E-state index contributed by atoms with van der Waals surface area (Å²) in [5, 5.41) is 2.56. The minimum Gasteiger partial charge on any atom is -0.349 e. The predicted octanol–water partition coefficient (Wildman–Crippen LogP) is 6.04. The summed E-state index contributed by atoms with van der Waals surface area (Å²) in [6.07, 6.45) is 1.39. The van der Waals surface area contributed by atoms with Gasteiger partial charge in [-0.05, 0) is 67.7 Å². The SMILES string of the molecule is [2H]CC1OC(N2C=CC(=O)NC2=C)C(F)C1OP(OCCCCSSC(C)(C)CCC(=O)N(C)C)N(C(C)C)C(C)C. The molecule has 0 saturated carbocycles. The van der Waals surface area contributed by atoms with Gasteiger partial charge in [0.15, 0.2) is 12.4 Å². The Morgan fingerprint density at radius 3 is 2.59 bits per heavy atom. The number of unbranched alkanes of at least 4 members (excludes halogenated alkanes) is 1. The summed E-state index contributed by atoms with van der Waals surface area (Å²) in [5.74, 6) is 0.973. The van der Waals surface area contributed by atoms with Crippen LogP contribution in [0.3, 0.4) is 0 Å². The van der Waals surface area contributed by atoms with Crippen LogP contribution in [-0.2, 0) is 23.4 Å². The largest absolute Gasteiger partial charge is 0.349 e. The topological polar surface area (TPSA) is 83.6 Å². The van der Waals surface area contributed by atoms with E-state index in [2.05, 4.69) is 58.1 Å². The van der Waals surface area contributed by atoms with E-state index in [1.165, 1.54) is 17.2 Å². The number of amides is 2. The molecular formula is C28H50FN4O5PS2. The van der Waals surface area contributed by atoms with Gasteiger partial charge in [0.05, 0.1) is 12.7 Å². The fraction of sp³-hybridized carbons (Fsp3) is 0.786. The summed E-state index contributed by atoms with van der Waals surface area (Å²) < 4.78 is 44.6. The molecule has 236 valence electrons. The van der Waals surface area contributed by atoms with Crippen LogP contribution < -0.4 is 5.32 Å². The Labute approximate surface area is 257 Å². The molecule has 5 atom stereocenters. The quantitative estimate of drug-likeness (QED) is 0.117. The lowest BCUT2D eigenvalue weighted by Gasteiger charge is -2.37. The van der Waals surface area contributed by atoms with Crippen LogP contribution in [0.25, 0.3) is 0 Å². The van der Waals surface area contributed by atoms with E-state index in [9.17, 15) is 9.59 Å². The zero-order chi connectivity index (χ0) is 31.6. The van der Waals surface area contributed by atoms with Crippen molar-refractivity contribution >= 4 is 41.9 Å². The monoisotopic (exact) mass is 637 g/mol. The van der Waals surface area contributed by atoms with E-state index >= 15 is 4.39 Å². The molecule has 2 aliphatic rings. The van der Waals surface area contributed by atoms with Crippen LogP contribution in [-0.4, -0.2) is 94.2 Å². The normalized spacial score (nSPS) is 24.4. The smallest absolute Gasteiger partial charge is 0.259 e. The Morgan fingerprint density at radius 2 is 2.00 bits per heavy atom. The second-order valence-electron chi connectivity index (χ2n) is 11.5. The van der Waals surface area contributed by atoms with Gasteiger partial charge >= 0.3 is 0 Å². The van der Waals surface area contributed by atoms with E-state index in [1.54, 1.807) is 19.0 Å². The lowest BCUT2D eigenvalue weighted by Crippen LogP contribution is -2.45. The van der Waals surface area contributed by atoms with Crippen molar-refractivity contribution in [3.05, 3.63) is 24.7 Å². The number of carbonyl (C=O) groups is 2. The molecule has 5 unspecified atom stereocenters. The molecule has 13 heteroatoms. The van der Waals surface area contributed by atoms with Crippen molar-refractivity contribution in [3.63, 3.8) is 0 Å². The third-order valence-electron chi connectivity index (χ3n) is 6.51. The number of ether oxygens (including phenoxy) is 1. The Kier molecular flexibility index (Phi) is 14.2. The van der Waals surface area contributed by atoms with Crippen molar-refractivity contribution < 1.29 is 29.1 Å². The molecule has 0 aromatic rings. The Hall–Kier alpha value is -0.880. The first kappa shape index (κ1) is 34.6. The zero-order valence-electron chi connectivity index (χ0n) is 26.8. The molecule has 41 heavy (non-hydrogen) atoms. The number of carbonyl (C=O) groups excluding carboxylic acids is 2. The Morgan fingerprint density at radius 1 is 1.32 bits per heavy atom. The van der Waals surface area contributed by atoms with Gasteiger partial charge in [-0.3, -0.25) is 9.59 Å². The van der Waals surface area contributed by atoms with E-state index in [4.69, 9.17) is 15.2 Å². The highest BCUT2D eigenvalue weighted by Crippen LogP contribution is 2.50. The second-order valence-corrected chi connectivity index (χ2v) is 16.1. The van der Waals surface area contributed by atoms with Crippen LogP contribution >= 0.6 is 30.1 Å². The average Bonchev–Trinajstić information content (AvgIpc) is 3.20. The molecule has 2 rings (SSSR count). The van der Waals surface area contributed by atoms with E-state index in [1.807, 2.05) is 21.6 Å². The number of rotatable bonds is 17. The maximum Gasteiger partial charge on any atom is 0.259 e. The third kappa shape index (κ3) is 11.3. The lowest BCUT2D eigenvalue weighted by atomic mass is 10.1. The fourth-order valence-electron chi connectivity index (χ4n) is 4.28. The van der Waals surface area contributed by atoms with Crippen LogP contribution in [0, 0.1) is 0 Å². The van der Waals surface area contributed by atoms with Crippen molar-refractivity contribution in [2.24, 2.45) is 0 Å². The average molecular weight is 638 g/mol. The molecule has 0 aliphatic carbocycles. The molecule has 0 radical (unpaired) electrons. The van der Waals surface area contributed by atoms with Crippen LogP contribution in [0.15, 0.2) is 24.7 Å². The molecular weight excluding hydrogens is 586 g/mol. The van der Waals surface area contributed by atoms with E-state index in [0.717, 1.165) is 25.0 Å². The minimum absolute atomic E-state index is 0.00444. The number of hydrogen-bond acceptors (Lipinski definition) is 9. The molecule has 2 amide bonds. The van der Waals surface area contributed by atoms with Crippen molar-refractivity contribution in [3.8, 4) is 0 Å². The van der Waals surface area contributed by atoms with Gasteiger partial charge < -0.3 is 28.9 Å². The molecule has 0 spiro atoms. The van der Waals surface area contributed by atoms with Crippen LogP contribution in [0.1, 0.15) is 75.5 Å². The summed E-state index contributed by atoms with van der Waals surface area (Å²) in [4.78, 5) is 26.6. The predicted molar refractivity (Wildman–Crippen MR) is 169 cm³/mol. The van der Waals surface area contributed by atoms with Gasteiger partial charge in [0.2, 0.25) is 5.91 Å².